The molecule has 1 amide bonds. The Balaban J connectivity index is 0.00000264. The van der Waals surface area contributed by atoms with Gasteiger partial charge in [-0.25, -0.2) is 4.98 Å². The molecule has 0 radical (unpaired) electrons. The number of amides is 1. The summed E-state index contributed by atoms with van der Waals surface area (Å²) in [7, 11) is 1.77. The van der Waals surface area contributed by atoms with Gasteiger partial charge >= 0.3 is 0 Å². The average molecular weight is 433 g/mol. The highest BCUT2D eigenvalue weighted by Gasteiger charge is 2.20. The minimum atomic E-state index is 0. The van der Waals surface area contributed by atoms with Gasteiger partial charge in [0.1, 0.15) is 5.82 Å². The lowest BCUT2D eigenvalue weighted by Gasteiger charge is -2.36. The monoisotopic (exact) mass is 433 g/mol. The molecule has 2 rings (SSSR count). The summed E-state index contributed by atoms with van der Waals surface area (Å²) in [5.74, 6) is 1.76. The summed E-state index contributed by atoms with van der Waals surface area (Å²) >= 11 is 0. The predicted molar refractivity (Wildman–Crippen MR) is 101 cm³/mol. The second kappa shape index (κ2) is 10.2. The number of carbonyl (C=O) groups is 1. The summed E-state index contributed by atoms with van der Waals surface area (Å²) in [5.41, 5.74) is 0. The van der Waals surface area contributed by atoms with Crippen molar-refractivity contribution < 1.29 is 4.79 Å². The van der Waals surface area contributed by atoms with E-state index in [2.05, 4.69) is 30.5 Å². The molecule has 1 fully saturated rings. The van der Waals surface area contributed by atoms with E-state index in [1.54, 1.807) is 32.6 Å². The number of nitrogens with one attached hydrogen (secondary N) is 2. The second-order valence-corrected chi connectivity index (χ2v) is 4.98. The summed E-state index contributed by atoms with van der Waals surface area (Å²) in [4.78, 5) is 27.8. The van der Waals surface area contributed by atoms with Crippen molar-refractivity contribution in [3.8, 4) is 0 Å². The first-order valence-electron chi connectivity index (χ1n) is 7.41. The molecule has 9 heteroatoms. The van der Waals surface area contributed by atoms with Crippen LogP contribution < -0.4 is 10.6 Å². The lowest BCUT2D eigenvalue weighted by Crippen LogP contribution is -2.53. The quantitative estimate of drug-likeness (QED) is 0.307. The minimum absolute atomic E-state index is 0. The van der Waals surface area contributed by atoms with Crippen molar-refractivity contribution in [2.45, 2.75) is 6.92 Å². The largest absolute Gasteiger partial charge is 0.367 e. The normalized spacial score (nSPS) is 15.0. The van der Waals surface area contributed by atoms with E-state index >= 15 is 0 Å². The number of hydrogen-bond donors (Lipinski definition) is 2. The van der Waals surface area contributed by atoms with Crippen molar-refractivity contribution in [2.75, 3.05) is 51.6 Å². The molecule has 1 aliphatic heterocycles. The Morgan fingerprint density at radius 3 is 2.48 bits per heavy atom. The zero-order valence-electron chi connectivity index (χ0n) is 13.5. The van der Waals surface area contributed by atoms with Gasteiger partial charge in [-0.15, -0.1) is 24.0 Å². The number of aliphatic imine (C=N–C) groups is 1. The number of guanidine groups is 1. The maximum Gasteiger partial charge on any atom is 0.219 e. The van der Waals surface area contributed by atoms with Gasteiger partial charge in [0.05, 0.1) is 6.20 Å². The highest BCUT2D eigenvalue weighted by molar-refractivity contribution is 14.0. The Kier molecular flexibility index (Phi) is 8.59. The van der Waals surface area contributed by atoms with Gasteiger partial charge in [0.15, 0.2) is 5.96 Å². The molecule has 23 heavy (non-hydrogen) atoms. The van der Waals surface area contributed by atoms with E-state index in [0.717, 1.165) is 51.0 Å². The molecule has 1 aromatic heterocycles. The Hall–Kier alpha value is -1.65. The highest BCUT2D eigenvalue weighted by atomic mass is 127. The van der Waals surface area contributed by atoms with Crippen LogP contribution >= 0.6 is 24.0 Å². The molecular formula is C14H24IN7O. The fraction of sp³-hybridized carbons (Fsp3) is 0.571. The fourth-order valence-corrected chi connectivity index (χ4v) is 2.32. The second-order valence-electron chi connectivity index (χ2n) is 4.98. The Bertz CT molecular complexity index is 503. The molecule has 1 aromatic rings. The van der Waals surface area contributed by atoms with Gasteiger partial charge in [-0.05, 0) is 0 Å². The Labute approximate surface area is 153 Å². The zero-order chi connectivity index (χ0) is 15.8. The van der Waals surface area contributed by atoms with Crippen LogP contribution in [0.25, 0.3) is 0 Å². The molecule has 128 valence electrons. The SMILES string of the molecule is CN=C(NCCNc1cnccn1)N1CCN(C(C)=O)CC1.I. The molecule has 0 aromatic carbocycles. The van der Waals surface area contributed by atoms with Crippen LogP contribution in [0.2, 0.25) is 0 Å². The van der Waals surface area contributed by atoms with Gasteiger partial charge in [-0.3, -0.25) is 14.8 Å². The molecule has 0 saturated carbocycles. The molecule has 0 spiro atoms. The van der Waals surface area contributed by atoms with Gasteiger partial charge in [-0.2, -0.15) is 0 Å². The molecule has 1 aliphatic rings. The van der Waals surface area contributed by atoms with E-state index in [-0.39, 0.29) is 29.9 Å². The Morgan fingerprint density at radius 1 is 1.22 bits per heavy atom. The van der Waals surface area contributed by atoms with Crippen molar-refractivity contribution in [1.29, 1.82) is 0 Å². The first-order valence-corrected chi connectivity index (χ1v) is 7.41. The van der Waals surface area contributed by atoms with Crippen molar-refractivity contribution in [3.63, 3.8) is 0 Å². The molecule has 0 unspecified atom stereocenters. The fourth-order valence-electron chi connectivity index (χ4n) is 2.32. The van der Waals surface area contributed by atoms with E-state index in [1.807, 2.05) is 4.90 Å². The number of nitrogens with zero attached hydrogens (tertiary/aromatic N) is 5. The third-order valence-corrected chi connectivity index (χ3v) is 3.51. The zero-order valence-corrected chi connectivity index (χ0v) is 15.9. The standard InChI is InChI=1S/C14H23N7O.HI/c1-12(22)20-7-9-21(10-8-20)14(15-2)19-6-5-18-13-11-16-3-4-17-13;/h3-4,11H,5-10H2,1-2H3,(H,15,19)(H,17,18);1H. The third kappa shape index (κ3) is 6.16. The van der Waals surface area contributed by atoms with Crippen molar-refractivity contribution in [2.24, 2.45) is 4.99 Å². The summed E-state index contributed by atoms with van der Waals surface area (Å²) in [6, 6.07) is 0. The van der Waals surface area contributed by atoms with E-state index in [0.29, 0.717) is 0 Å². The van der Waals surface area contributed by atoms with Crippen LogP contribution in [0.4, 0.5) is 5.82 Å². The predicted octanol–water partition coefficient (Wildman–Crippen LogP) is 0.246. The van der Waals surface area contributed by atoms with Crippen LogP contribution in [0.5, 0.6) is 0 Å². The first-order chi connectivity index (χ1) is 10.7. The number of anilines is 1. The number of halogens is 1. The van der Waals surface area contributed by atoms with Gasteiger partial charge < -0.3 is 20.4 Å². The molecule has 2 N–H and O–H groups in total. The minimum Gasteiger partial charge on any atom is -0.367 e. The molecule has 1 saturated heterocycles. The maximum absolute atomic E-state index is 11.3. The van der Waals surface area contributed by atoms with Crippen molar-refractivity contribution in [1.82, 2.24) is 25.1 Å². The Morgan fingerprint density at radius 2 is 1.91 bits per heavy atom. The highest BCUT2D eigenvalue weighted by Crippen LogP contribution is 2.02. The van der Waals surface area contributed by atoms with Gasteiger partial charge in [0.25, 0.3) is 0 Å². The van der Waals surface area contributed by atoms with Crippen LogP contribution in [-0.4, -0.2) is 78.0 Å². The summed E-state index contributed by atoms with van der Waals surface area (Å²) < 4.78 is 0. The molecule has 0 bridgehead atoms. The maximum atomic E-state index is 11.3. The molecule has 0 atom stereocenters. The van der Waals surface area contributed by atoms with E-state index < -0.39 is 0 Å². The lowest BCUT2D eigenvalue weighted by atomic mass is 10.3. The molecular weight excluding hydrogens is 409 g/mol. The van der Waals surface area contributed by atoms with Gasteiger partial charge in [-0.1, -0.05) is 0 Å². The number of piperazine rings is 1. The average Bonchev–Trinajstić information content (AvgIpc) is 2.56. The van der Waals surface area contributed by atoms with Crippen LogP contribution in [-0.2, 0) is 4.79 Å². The number of rotatable bonds is 4. The van der Waals surface area contributed by atoms with Crippen LogP contribution in [0, 0.1) is 0 Å². The van der Waals surface area contributed by atoms with E-state index in [1.165, 1.54) is 0 Å². The first kappa shape index (κ1) is 19.4. The molecule has 0 aliphatic carbocycles. The van der Waals surface area contributed by atoms with E-state index in [9.17, 15) is 4.79 Å². The van der Waals surface area contributed by atoms with Crippen molar-refractivity contribution >= 4 is 41.7 Å². The number of aromatic nitrogens is 2. The molecule has 8 nitrogen and oxygen atoms in total. The van der Waals surface area contributed by atoms with Crippen LogP contribution in [0.1, 0.15) is 6.92 Å². The van der Waals surface area contributed by atoms with Crippen molar-refractivity contribution in [3.05, 3.63) is 18.6 Å². The lowest BCUT2D eigenvalue weighted by molar-refractivity contribution is -0.130. The smallest absolute Gasteiger partial charge is 0.219 e. The van der Waals surface area contributed by atoms with Gasteiger partial charge in [0.2, 0.25) is 5.91 Å². The third-order valence-electron chi connectivity index (χ3n) is 3.51. The summed E-state index contributed by atoms with van der Waals surface area (Å²) in [6.07, 6.45) is 4.99. The number of hydrogen-bond acceptors (Lipinski definition) is 5. The summed E-state index contributed by atoms with van der Waals surface area (Å²) in [5, 5.41) is 6.50. The van der Waals surface area contributed by atoms with E-state index in [4.69, 9.17) is 0 Å². The molecule has 2 heterocycles. The van der Waals surface area contributed by atoms with Crippen LogP contribution in [0.15, 0.2) is 23.6 Å². The summed E-state index contributed by atoms with van der Waals surface area (Å²) in [6.45, 7) is 6.16. The topological polar surface area (TPSA) is 85.8 Å². The van der Waals surface area contributed by atoms with Crippen LogP contribution in [0.3, 0.4) is 0 Å². The van der Waals surface area contributed by atoms with Gasteiger partial charge in [0, 0.05) is 65.6 Å². The number of carbonyl (C=O) groups excluding carboxylic acids is 1.